The molecule has 0 aliphatic heterocycles. The second kappa shape index (κ2) is 6.59. The fraction of sp³-hybridized carbons (Fsp3) is 0.500. The molecule has 0 nitrogen and oxygen atoms in total. The van der Waals surface area contributed by atoms with Crippen molar-refractivity contribution in [1.29, 1.82) is 0 Å². The van der Waals surface area contributed by atoms with Gasteiger partial charge in [0.1, 0.15) is 5.82 Å². The Kier molecular flexibility index (Phi) is 4.79. The molecule has 134 valence electrons. The minimum Gasteiger partial charge on any atom is -0.206 e. The van der Waals surface area contributed by atoms with Crippen LogP contribution >= 0.6 is 0 Å². The fourth-order valence-electron chi connectivity index (χ4n) is 4.45. The van der Waals surface area contributed by atoms with Crippen molar-refractivity contribution in [1.82, 2.24) is 0 Å². The molecule has 3 rings (SSSR count). The molecule has 1 fully saturated rings. The third-order valence-corrected chi connectivity index (χ3v) is 5.65. The van der Waals surface area contributed by atoms with Crippen LogP contribution in [0.3, 0.4) is 0 Å². The molecule has 0 saturated heterocycles. The van der Waals surface area contributed by atoms with Crippen LogP contribution in [-0.4, -0.2) is 0 Å². The van der Waals surface area contributed by atoms with Gasteiger partial charge < -0.3 is 0 Å². The Labute approximate surface area is 152 Å². The largest absolute Gasteiger partial charge is 0.206 e. The van der Waals surface area contributed by atoms with Gasteiger partial charge in [-0.25, -0.2) is 4.39 Å². The van der Waals surface area contributed by atoms with E-state index in [0.29, 0.717) is 5.92 Å². The molecule has 1 aliphatic rings. The molecule has 0 unspecified atom stereocenters. The zero-order valence-electron chi connectivity index (χ0n) is 16.3. The van der Waals surface area contributed by atoms with E-state index < -0.39 is 0 Å². The van der Waals surface area contributed by atoms with Crippen molar-refractivity contribution in [2.24, 2.45) is 10.8 Å². The lowest BCUT2D eigenvalue weighted by Gasteiger charge is -2.30. The Morgan fingerprint density at radius 2 is 1.76 bits per heavy atom. The molecule has 0 spiro atoms. The zero-order valence-corrected chi connectivity index (χ0v) is 16.3. The van der Waals surface area contributed by atoms with E-state index in [1.54, 1.807) is 12.1 Å². The summed E-state index contributed by atoms with van der Waals surface area (Å²) in [6, 6.07) is 13.9. The van der Waals surface area contributed by atoms with Gasteiger partial charge in [-0.2, -0.15) is 0 Å². The molecule has 1 atom stereocenters. The summed E-state index contributed by atoms with van der Waals surface area (Å²) in [7, 11) is 0. The maximum Gasteiger partial charge on any atom is 0.131 e. The molecule has 25 heavy (non-hydrogen) atoms. The lowest BCUT2D eigenvalue weighted by molar-refractivity contribution is 0.332. The molecule has 1 aliphatic carbocycles. The number of halogens is 1. The molecule has 1 heteroatoms. The van der Waals surface area contributed by atoms with Gasteiger partial charge in [0.15, 0.2) is 0 Å². The zero-order chi connectivity index (χ0) is 18.2. The van der Waals surface area contributed by atoms with Crippen molar-refractivity contribution in [2.75, 3.05) is 0 Å². The molecule has 0 radical (unpaired) electrons. The lowest BCUT2D eigenvalue weighted by atomic mass is 9.74. The highest BCUT2D eigenvalue weighted by molar-refractivity contribution is 5.69. The number of hydrogen-bond donors (Lipinski definition) is 0. The molecule has 0 bridgehead atoms. The van der Waals surface area contributed by atoms with Gasteiger partial charge in [-0.15, -0.1) is 0 Å². The van der Waals surface area contributed by atoms with Crippen LogP contribution in [0.15, 0.2) is 42.5 Å². The summed E-state index contributed by atoms with van der Waals surface area (Å²) in [5.74, 6) is 0.380. The second-order valence-corrected chi connectivity index (χ2v) is 9.57. The van der Waals surface area contributed by atoms with Gasteiger partial charge in [-0.1, -0.05) is 77.4 Å². The first-order valence-electron chi connectivity index (χ1n) is 9.55. The van der Waals surface area contributed by atoms with Gasteiger partial charge >= 0.3 is 0 Å². The molecule has 0 amide bonds. The molecule has 0 aromatic heterocycles. The summed E-state index contributed by atoms with van der Waals surface area (Å²) in [5, 5.41) is 0. The van der Waals surface area contributed by atoms with E-state index in [1.165, 1.54) is 30.4 Å². The minimum atomic E-state index is -0.122. The number of hydrogen-bond acceptors (Lipinski definition) is 0. The predicted octanol–water partition coefficient (Wildman–Crippen LogP) is 7.38. The summed E-state index contributed by atoms with van der Waals surface area (Å²) >= 11 is 0. The Hall–Kier alpha value is -1.63. The van der Waals surface area contributed by atoms with Gasteiger partial charge in [-0.3, -0.25) is 0 Å². The molecule has 2 aromatic carbocycles. The first-order valence-corrected chi connectivity index (χ1v) is 9.55. The summed E-state index contributed by atoms with van der Waals surface area (Å²) in [6.07, 6.45) is 4.76. The molecule has 2 aromatic rings. The maximum atomic E-state index is 14.5. The van der Waals surface area contributed by atoms with Crippen molar-refractivity contribution >= 4 is 0 Å². The SMILES string of the molecule is CC(C)(C)Cc1ccc(-c2ccccc2F)c([C@@H]2CCCC2(C)C)c1. The standard InChI is InChI=1S/C24H31F/c1-23(2,3)16-17-12-13-18(19-9-6-7-11-22(19)25)20(15-17)21-10-8-14-24(21,4)5/h6-7,9,11-13,15,21H,8,10,14,16H2,1-5H3/t21-/m0/s1. The summed E-state index contributed by atoms with van der Waals surface area (Å²) in [5.41, 5.74) is 5.06. The fourth-order valence-corrected chi connectivity index (χ4v) is 4.45. The van der Waals surface area contributed by atoms with E-state index >= 15 is 0 Å². The van der Waals surface area contributed by atoms with Crippen LogP contribution in [0.1, 0.15) is 70.9 Å². The smallest absolute Gasteiger partial charge is 0.131 e. The van der Waals surface area contributed by atoms with E-state index in [9.17, 15) is 4.39 Å². The van der Waals surface area contributed by atoms with Crippen molar-refractivity contribution in [2.45, 2.75) is 66.2 Å². The average Bonchev–Trinajstić information content (AvgIpc) is 2.86. The van der Waals surface area contributed by atoms with Crippen molar-refractivity contribution in [3.05, 3.63) is 59.4 Å². The van der Waals surface area contributed by atoms with E-state index in [2.05, 4.69) is 52.8 Å². The van der Waals surface area contributed by atoms with Crippen LogP contribution in [0, 0.1) is 16.6 Å². The van der Waals surface area contributed by atoms with Crippen LogP contribution in [0.25, 0.3) is 11.1 Å². The van der Waals surface area contributed by atoms with E-state index in [-0.39, 0.29) is 16.6 Å². The third kappa shape index (κ3) is 3.97. The highest BCUT2D eigenvalue weighted by Gasteiger charge is 2.37. The molecule has 0 heterocycles. The van der Waals surface area contributed by atoms with Crippen LogP contribution in [0.2, 0.25) is 0 Å². The quantitative estimate of drug-likeness (QED) is 0.548. The molecule has 1 saturated carbocycles. The van der Waals surface area contributed by atoms with E-state index in [4.69, 9.17) is 0 Å². The van der Waals surface area contributed by atoms with Gasteiger partial charge in [0.2, 0.25) is 0 Å². The van der Waals surface area contributed by atoms with Crippen molar-refractivity contribution in [3.63, 3.8) is 0 Å². The van der Waals surface area contributed by atoms with Crippen LogP contribution in [-0.2, 0) is 6.42 Å². The summed E-state index contributed by atoms with van der Waals surface area (Å²) < 4.78 is 14.5. The third-order valence-electron chi connectivity index (χ3n) is 5.65. The molecular formula is C24H31F. The lowest BCUT2D eigenvalue weighted by Crippen LogP contribution is -2.17. The van der Waals surface area contributed by atoms with Gasteiger partial charge in [0.05, 0.1) is 0 Å². The number of benzene rings is 2. The van der Waals surface area contributed by atoms with Crippen LogP contribution < -0.4 is 0 Å². The number of rotatable bonds is 3. The van der Waals surface area contributed by atoms with Crippen molar-refractivity contribution in [3.8, 4) is 11.1 Å². The topological polar surface area (TPSA) is 0 Å². The first-order chi connectivity index (χ1) is 11.7. The summed E-state index contributed by atoms with van der Waals surface area (Å²) in [4.78, 5) is 0. The van der Waals surface area contributed by atoms with E-state index in [1.807, 2.05) is 12.1 Å². The van der Waals surface area contributed by atoms with Crippen LogP contribution in [0.4, 0.5) is 4.39 Å². The maximum absolute atomic E-state index is 14.5. The highest BCUT2D eigenvalue weighted by atomic mass is 19.1. The second-order valence-electron chi connectivity index (χ2n) is 9.57. The monoisotopic (exact) mass is 338 g/mol. The Morgan fingerprint density at radius 1 is 1.04 bits per heavy atom. The van der Waals surface area contributed by atoms with Gasteiger partial charge in [0, 0.05) is 5.56 Å². The van der Waals surface area contributed by atoms with E-state index in [0.717, 1.165) is 17.5 Å². The predicted molar refractivity (Wildman–Crippen MR) is 105 cm³/mol. The normalized spacial score (nSPS) is 20.0. The van der Waals surface area contributed by atoms with Crippen molar-refractivity contribution < 1.29 is 4.39 Å². The van der Waals surface area contributed by atoms with Crippen LogP contribution in [0.5, 0.6) is 0 Å². The summed E-state index contributed by atoms with van der Waals surface area (Å²) in [6.45, 7) is 11.6. The molecular weight excluding hydrogens is 307 g/mol. The highest BCUT2D eigenvalue weighted by Crippen LogP contribution is 2.51. The Balaban J connectivity index is 2.13. The Morgan fingerprint density at radius 3 is 2.36 bits per heavy atom. The van der Waals surface area contributed by atoms with Gasteiger partial charge in [-0.05, 0) is 58.8 Å². The molecule has 0 N–H and O–H groups in total. The Bertz CT molecular complexity index is 749. The van der Waals surface area contributed by atoms with Gasteiger partial charge in [0.25, 0.3) is 0 Å². The first kappa shape index (κ1) is 18.2. The average molecular weight is 339 g/mol. The minimum absolute atomic E-state index is 0.122.